The van der Waals surface area contributed by atoms with Crippen LogP contribution in [0.15, 0.2) is 81.8 Å². The molecule has 4 aromatic carbocycles. The van der Waals surface area contributed by atoms with Crippen molar-refractivity contribution >= 4 is 49.8 Å². The molecule has 0 spiro atoms. The maximum absolute atomic E-state index is 13.5. The first kappa shape index (κ1) is 50.1. The molecule has 1 N–H and O–H groups in total. The van der Waals surface area contributed by atoms with Gasteiger partial charge in [0.2, 0.25) is 6.10 Å². The third-order valence-corrected chi connectivity index (χ3v) is 10.5. The number of benzene rings is 4. The van der Waals surface area contributed by atoms with Crippen LogP contribution in [0.4, 0.5) is 26.3 Å². The van der Waals surface area contributed by atoms with Crippen molar-refractivity contribution in [3.05, 3.63) is 118 Å². The van der Waals surface area contributed by atoms with Gasteiger partial charge in [-0.1, -0.05) is 140 Å². The zero-order chi connectivity index (χ0) is 46.5. The van der Waals surface area contributed by atoms with Gasteiger partial charge in [0.15, 0.2) is 22.6 Å². The van der Waals surface area contributed by atoms with Crippen molar-refractivity contribution < 1.29 is 64.3 Å². The smallest absolute Gasteiger partial charge is 0.437 e. The summed E-state index contributed by atoms with van der Waals surface area (Å²) in [5, 5.41) is 16.5. The number of rotatable bonds is 14. The van der Waals surface area contributed by atoms with Crippen LogP contribution in [0.25, 0.3) is 21.9 Å². The maximum atomic E-state index is 13.5. The molecule has 0 aliphatic heterocycles. The van der Waals surface area contributed by atoms with Gasteiger partial charge in [0, 0.05) is 16.7 Å². The zero-order valence-corrected chi connectivity index (χ0v) is 37.2. The second-order valence-electron chi connectivity index (χ2n) is 14.2. The molecule has 0 fully saturated rings. The number of aromatic nitrogens is 2. The van der Waals surface area contributed by atoms with Gasteiger partial charge in [0.25, 0.3) is 0 Å². The Bertz CT molecular complexity index is 2420. The van der Waals surface area contributed by atoms with E-state index in [0.29, 0.717) is 78.5 Å². The topological polar surface area (TPSA) is 134 Å². The number of hydrogen-bond donors (Lipinski definition) is 1. The maximum Gasteiger partial charge on any atom is 0.437 e. The van der Waals surface area contributed by atoms with Gasteiger partial charge in [0.1, 0.15) is 16.3 Å². The Morgan fingerprint density at radius 1 is 0.651 bits per heavy atom. The number of methoxy groups -OCH3 is 2. The molecule has 10 nitrogen and oxygen atoms in total. The lowest BCUT2D eigenvalue weighted by molar-refractivity contribution is -0.149. The predicted octanol–water partition coefficient (Wildman–Crippen LogP) is 12.8. The second kappa shape index (κ2) is 22.7. The van der Waals surface area contributed by atoms with Gasteiger partial charge in [-0.2, -0.15) is 26.3 Å². The summed E-state index contributed by atoms with van der Waals surface area (Å²) in [4.78, 5) is 23.2. The van der Waals surface area contributed by atoms with E-state index in [0.717, 1.165) is 12.0 Å². The summed E-state index contributed by atoms with van der Waals surface area (Å²) in [5.74, 6) is -0.502. The van der Waals surface area contributed by atoms with Crippen LogP contribution in [0.1, 0.15) is 109 Å². The van der Waals surface area contributed by atoms with E-state index in [1.54, 1.807) is 24.3 Å². The fourth-order valence-corrected chi connectivity index (χ4v) is 7.27. The number of halogens is 7. The average molecular weight is 952 g/mol. The van der Waals surface area contributed by atoms with E-state index >= 15 is 0 Å². The molecule has 0 saturated heterocycles. The van der Waals surface area contributed by atoms with Gasteiger partial charge in [-0.25, -0.2) is 4.79 Å². The van der Waals surface area contributed by atoms with E-state index in [4.69, 9.17) is 18.5 Å². The van der Waals surface area contributed by atoms with Crippen LogP contribution < -0.4 is 4.74 Å². The minimum Gasteiger partial charge on any atom is -0.507 e. The number of hydrogen-bond acceptors (Lipinski definition) is 10. The summed E-state index contributed by atoms with van der Waals surface area (Å²) >= 11 is 3.24. The summed E-state index contributed by atoms with van der Waals surface area (Å²) < 4.78 is 105. The lowest BCUT2D eigenvalue weighted by Crippen LogP contribution is -2.21. The highest BCUT2D eigenvalue weighted by Crippen LogP contribution is 2.43. The monoisotopic (exact) mass is 950 g/mol. The number of carbonyl (C=O) groups is 2. The molecule has 0 aliphatic rings. The first-order valence-corrected chi connectivity index (χ1v) is 21.2. The Morgan fingerprint density at radius 3 is 1.54 bits per heavy atom. The number of phenolic OH excluding ortho intramolecular Hbond substituents is 1. The largest absolute Gasteiger partial charge is 0.507 e. The van der Waals surface area contributed by atoms with Crippen molar-refractivity contribution in [2.75, 3.05) is 14.2 Å². The van der Waals surface area contributed by atoms with Crippen LogP contribution in [-0.4, -0.2) is 41.6 Å². The highest BCUT2D eigenvalue weighted by Gasteiger charge is 2.40. The van der Waals surface area contributed by atoms with Gasteiger partial charge in [-0.05, 0) is 54.5 Å². The molecule has 2 unspecified atom stereocenters. The van der Waals surface area contributed by atoms with Crippen molar-refractivity contribution in [1.82, 2.24) is 10.3 Å². The fourth-order valence-electron chi connectivity index (χ4n) is 6.77. The predicted molar refractivity (Wildman–Crippen MR) is 228 cm³/mol. The molecule has 0 aliphatic carbocycles. The second-order valence-corrected chi connectivity index (χ2v) is 15.2. The van der Waals surface area contributed by atoms with Crippen LogP contribution in [-0.2, 0) is 57.1 Å². The number of phenols is 1. The van der Waals surface area contributed by atoms with Gasteiger partial charge in [-0.15, -0.1) is 0 Å². The number of fused-ring (bicyclic) bond motifs is 2. The number of ether oxygens (including phenoxy) is 3. The Labute approximate surface area is 369 Å². The molecule has 6 aromatic rings. The minimum atomic E-state index is -4.64. The summed E-state index contributed by atoms with van der Waals surface area (Å²) in [6, 6.07) is 21.0. The molecule has 2 heterocycles. The SMILES string of the molecule is CCCc1cc2c(C(F)(F)F)noc2c(CCC)c1O.CCCc1cc2c(C(F)(F)F)noc2c(CCC)c1OC(C(=O)OC)c1ccccc1.COC(=O)C(Br)c1ccccc1. The van der Waals surface area contributed by atoms with Gasteiger partial charge < -0.3 is 28.4 Å². The summed E-state index contributed by atoms with van der Waals surface area (Å²) in [6.07, 6.45) is -5.70. The van der Waals surface area contributed by atoms with Crippen LogP contribution in [0.3, 0.4) is 0 Å². The van der Waals surface area contributed by atoms with E-state index in [-0.39, 0.29) is 38.5 Å². The van der Waals surface area contributed by atoms with E-state index in [1.807, 2.05) is 64.1 Å². The fraction of sp³-hybridized carbons (Fsp3) is 0.391. The van der Waals surface area contributed by atoms with Crippen molar-refractivity contribution in [3.8, 4) is 11.5 Å². The highest BCUT2D eigenvalue weighted by atomic mass is 79.9. The number of esters is 2. The number of alkyl halides is 7. The molecule has 0 radical (unpaired) electrons. The van der Waals surface area contributed by atoms with E-state index in [9.17, 15) is 41.0 Å². The molecule has 340 valence electrons. The normalized spacial score (nSPS) is 12.5. The Balaban J connectivity index is 0.000000232. The number of aromatic hydroxyl groups is 1. The molecule has 63 heavy (non-hydrogen) atoms. The van der Waals surface area contributed by atoms with Gasteiger partial charge in [0.05, 0.1) is 25.0 Å². The molecule has 2 aromatic heterocycles. The third kappa shape index (κ3) is 12.3. The molecule has 0 saturated carbocycles. The van der Waals surface area contributed by atoms with Crippen LogP contribution in [0.2, 0.25) is 0 Å². The number of nitrogens with zero attached hydrogens (tertiary/aromatic N) is 2. The quantitative estimate of drug-likeness (QED) is 0.0639. The number of carbonyl (C=O) groups excluding carboxylic acids is 2. The molecular formula is C46H49BrF6N2O8. The summed E-state index contributed by atoms with van der Waals surface area (Å²) in [6.45, 7) is 7.61. The van der Waals surface area contributed by atoms with Crippen LogP contribution in [0.5, 0.6) is 11.5 Å². The molecule has 2 atom stereocenters. The number of aryl methyl sites for hydroxylation is 4. The van der Waals surface area contributed by atoms with Crippen LogP contribution in [0, 0.1) is 0 Å². The van der Waals surface area contributed by atoms with Crippen LogP contribution >= 0.6 is 15.9 Å². The first-order chi connectivity index (χ1) is 30.0. The van der Waals surface area contributed by atoms with E-state index in [1.165, 1.54) is 26.4 Å². The van der Waals surface area contributed by atoms with Crippen molar-refractivity contribution in [1.29, 1.82) is 0 Å². The van der Waals surface area contributed by atoms with Crippen molar-refractivity contribution in [2.45, 2.75) is 102 Å². The molecule has 0 amide bonds. The Hall–Kier alpha value is -5.58. The molecule has 6 rings (SSSR count). The summed E-state index contributed by atoms with van der Waals surface area (Å²) in [7, 11) is 2.64. The zero-order valence-electron chi connectivity index (χ0n) is 35.6. The van der Waals surface area contributed by atoms with Crippen molar-refractivity contribution in [2.24, 2.45) is 0 Å². The highest BCUT2D eigenvalue weighted by molar-refractivity contribution is 9.09. The van der Waals surface area contributed by atoms with Gasteiger partial charge in [-0.3, -0.25) is 4.79 Å². The molecule has 0 bridgehead atoms. The standard InChI is InChI=1S/C23H24F3NO4.C14H16F3NO2.C9H9BrO2/c1-4-9-15-13-17-20(31-27-21(17)23(24,25)26)16(10-5-2)18(15)30-19(22(28)29-3)14-11-7-6-8-12-14;1-3-5-8-7-10-12(9(6-4-2)11(8)19)20-18-13(10)14(15,16)17;1-12-9(11)8(10)7-5-3-2-4-6-7/h6-8,11-13,19H,4-5,9-10H2,1-3H3;7,19H,3-6H2,1-2H3;2-6,8H,1H3. The first-order valence-electron chi connectivity index (χ1n) is 20.2. The lowest BCUT2D eigenvalue weighted by atomic mass is 9.97. The van der Waals surface area contributed by atoms with Gasteiger partial charge >= 0.3 is 24.3 Å². The average Bonchev–Trinajstić information content (AvgIpc) is 3.91. The van der Waals surface area contributed by atoms with E-state index < -0.39 is 35.8 Å². The third-order valence-electron chi connectivity index (χ3n) is 9.63. The Morgan fingerprint density at radius 2 is 1.08 bits per heavy atom. The lowest BCUT2D eigenvalue weighted by Gasteiger charge is -2.22. The van der Waals surface area contributed by atoms with E-state index in [2.05, 4.69) is 31.0 Å². The molecule has 17 heteroatoms. The Kier molecular flexibility index (Phi) is 18.0. The minimum absolute atomic E-state index is 0.0284. The molecular weight excluding hydrogens is 902 g/mol. The van der Waals surface area contributed by atoms with Crippen molar-refractivity contribution in [3.63, 3.8) is 0 Å². The summed E-state index contributed by atoms with van der Waals surface area (Å²) in [5.41, 5.74) is 1.43.